The molecule has 0 aliphatic rings. The summed E-state index contributed by atoms with van der Waals surface area (Å²) < 4.78 is 5.45. The Kier molecular flexibility index (Phi) is 5.78. The van der Waals surface area contributed by atoms with Crippen molar-refractivity contribution in [1.82, 2.24) is 5.32 Å². The van der Waals surface area contributed by atoms with Gasteiger partial charge in [-0.15, -0.1) is 0 Å². The molecule has 0 heterocycles. The molecule has 0 aliphatic carbocycles. The van der Waals surface area contributed by atoms with Gasteiger partial charge in [-0.25, -0.2) is 4.79 Å². The summed E-state index contributed by atoms with van der Waals surface area (Å²) in [6.45, 7) is 6.45. The van der Waals surface area contributed by atoms with Gasteiger partial charge >= 0.3 is 6.03 Å². The summed E-state index contributed by atoms with van der Waals surface area (Å²) in [7, 11) is 0. The monoisotopic (exact) mass is 270 g/mol. The zero-order valence-corrected chi connectivity index (χ0v) is 11.7. The van der Waals surface area contributed by atoms with E-state index in [2.05, 4.69) is 10.6 Å². The van der Waals surface area contributed by atoms with Gasteiger partial charge in [0, 0.05) is 11.7 Å². The molecule has 100 valence electrons. The third kappa shape index (κ3) is 4.84. The molecule has 4 nitrogen and oxygen atoms in total. The van der Waals surface area contributed by atoms with Gasteiger partial charge in [0.15, 0.2) is 0 Å². The molecule has 0 unspecified atom stereocenters. The lowest BCUT2D eigenvalue weighted by atomic mass is 10.3. The maximum absolute atomic E-state index is 11.5. The highest BCUT2D eigenvalue weighted by atomic mass is 35.5. The van der Waals surface area contributed by atoms with Gasteiger partial charge in [-0.05, 0) is 38.5 Å². The Morgan fingerprint density at radius 2 is 2.17 bits per heavy atom. The van der Waals surface area contributed by atoms with E-state index in [4.69, 9.17) is 16.3 Å². The Labute approximate surface area is 113 Å². The number of anilines is 1. The van der Waals surface area contributed by atoms with E-state index in [1.165, 1.54) is 0 Å². The van der Waals surface area contributed by atoms with Gasteiger partial charge in [0.25, 0.3) is 0 Å². The largest absolute Gasteiger partial charge is 0.492 e. The van der Waals surface area contributed by atoms with Crippen molar-refractivity contribution in [3.05, 3.63) is 23.2 Å². The minimum absolute atomic E-state index is 0.0904. The Morgan fingerprint density at radius 3 is 2.72 bits per heavy atom. The second-order valence-electron chi connectivity index (χ2n) is 4.25. The lowest BCUT2D eigenvalue weighted by molar-refractivity contribution is 0.250. The summed E-state index contributed by atoms with van der Waals surface area (Å²) in [6.07, 6.45) is 0.924. The number of halogens is 1. The highest BCUT2D eigenvalue weighted by molar-refractivity contribution is 6.32. The number of carbonyl (C=O) groups is 1. The fourth-order valence-corrected chi connectivity index (χ4v) is 1.57. The van der Waals surface area contributed by atoms with Crippen molar-refractivity contribution >= 4 is 23.3 Å². The van der Waals surface area contributed by atoms with E-state index >= 15 is 0 Å². The molecule has 0 fully saturated rings. The summed E-state index contributed by atoms with van der Waals surface area (Å²) in [6, 6.07) is 5.03. The van der Waals surface area contributed by atoms with E-state index in [1.807, 2.05) is 20.8 Å². The number of amides is 2. The number of rotatable bonds is 5. The van der Waals surface area contributed by atoms with Crippen LogP contribution in [-0.2, 0) is 0 Å². The standard InChI is InChI=1S/C13H19ClN2O2/c1-4-7-18-12-6-5-10(8-11(12)14)16-13(17)15-9(2)3/h5-6,8-9H,4,7H2,1-3H3,(H2,15,16,17). The summed E-state index contributed by atoms with van der Waals surface area (Å²) in [5, 5.41) is 5.93. The molecule has 2 N–H and O–H groups in total. The van der Waals surface area contributed by atoms with Gasteiger partial charge in [-0.2, -0.15) is 0 Å². The Bertz CT molecular complexity index is 408. The van der Waals surface area contributed by atoms with Crippen LogP contribution in [0.25, 0.3) is 0 Å². The zero-order valence-electron chi connectivity index (χ0n) is 10.9. The van der Waals surface area contributed by atoms with E-state index in [0.29, 0.717) is 23.1 Å². The van der Waals surface area contributed by atoms with Crippen LogP contribution in [0.3, 0.4) is 0 Å². The molecule has 1 aromatic carbocycles. The minimum Gasteiger partial charge on any atom is -0.492 e. The maximum atomic E-state index is 11.5. The molecular weight excluding hydrogens is 252 g/mol. The molecule has 0 radical (unpaired) electrons. The highest BCUT2D eigenvalue weighted by Crippen LogP contribution is 2.27. The van der Waals surface area contributed by atoms with Crippen molar-refractivity contribution in [2.24, 2.45) is 0 Å². The molecular formula is C13H19ClN2O2. The quantitative estimate of drug-likeness (QED) is 0.858. The zero-order chi connectivity index (χ0) is 13.5. The smallest absolute Gasteiger partial charge is 0.319 e. The molecule has 0 spiro atoms. The molecule has 0 saturated heterocycles. The van der Waals surface area contributed by atoms with Gasteiger partial charge in [0.2, 0.25) is 0 Å². The molecule has 0 saturated carbocycles. The van der Waals surface area contributed by atoms with Crippen LogP contribution in [0.4, 0.5) is 10.5 Å². The lowest BCUT2D eigenvalue weighted by Gasteiger charge is -2.12. The van der Waals surface area contributed by atoms with Crippen LogP contribution in [0.1, 0.15) is 27.2 Å². The van der Waals surface area contributed by atoms with Crippen molar-refractivity contribution < 1.29 is 9.53 Å². The second kappa shape index (κ2) is 7.11. The first-order valence-electron chi connectivity index (χ1n) is 6.02. The topological polar surface area (TPSA) is 50.4 Å². The van der Waals surface area contributed by atoms with E-state index in [9.17, 15) is 4.79 Å². The van der Waals surface area contributed by atoms with E-state index in [0.717, 1.165) is 6.42 Å². The molecule has 18 heavy (non-hydrogen) atoms. The van der Waals surface area contributed by atoms with Crippen LogP contribution in [0.15, 0.2) is 18.2 Å². The third-order valence-electron chi connectivity index (χ3n) is 2.07. The fraction of sp³-hybridized carbons (Fsp3) is 0.462. The van der Waals surface area contributed by atoms with E-state index in [1.54, 1.807) is 18.2 Å². The molecule has 1 rings (SSSR count). The number of nitrogens with one attached hydrogen (secondary N) is 2. The maximum Gasteiger partial charge on any atom is 0.319 e. The van der Waals surface area contributed by atoms with Crippen LogP contribution in [-0.4, -0.2) is 18.7 Å². The SMILES string of the molecule is CCCOc1ccc(NC(=O)NC(C)C)cc1Cl. The fourth-order valence-electron chi connectivity index (χ4n) is 1.34. The highest BCUT2D eigenvalue weighted by Gasteiger charge is 2.06. The molecule has 2 amide bonds. The van der Waals surface area contributed by atoms with Gasteiger partial charge in [0.1, 0.15) is 5.75 Å². The second-order valence-corrected chi connectivity index (χ2v) is 4.65. The van der Waals surface area contributed by atoms with Crippen LogP contribution in [0.5, 0.6) is 5.75 Å². The molecule has 0 atom stereocenters. The predicted molar refractivity (Wildman–Crippen MR) is 74.5 cm³/mol. The summed E-state index contributed by atoms with van der Waals surface area (Å²) >= 11 is 6.06. The van der Waals surface area contributed by atoms with Crippen LogP contribution in [0, 0.1) is 0 Å². The summed E-state index contributed by atoms with van der Waals surface area (Å²) in [5.74, 6) is 0.633. The first-order valence-corrected chi connectivity index (χ1v) is 6.40. The first kappa shape index (κ1) is 14.6. The Hall–Kier alpha value is -1.42. The summed E-state index contributed by atoms with van der Waals surface area (Å²) in [4.78, 5) is 11.5. The first-order chi connectivity index (χ1) is 8.52. The van der Waals surface area contributed by atoms with Crippen LogP contribution in [0.2, 0.25) is 5.02 Å². The molecule has 0 bridgehead atoms. The third-order valence-corrected chi connectivity index (χ3v) is 2.37. The van der Waals surface area contributed by atoms with Crippen molar-refractivity contribution in [2.75, 3.05) is 11.9 Å². The number of urea groups is 1. The average Bonchev–Trinajstić information content (AvgIpc) is 2.26. The molecule has 5 heteroatoms. The van der Waals surface area contributed by atoms with E-state index < -0.39 is 0 Å². The van der Waals surface area contributed by atoms with Gasteiger partial charge < -0.3 is 15.4 Å². The minimum atomic E-state index is -0.247. The normalized spacial score (nSPS) is 10.3. The van der Waals surface area contributed by atoms with Crippen molar-refractivity contribution in [1.29, 1.82) is 0 Å². The molecule has 1 aromatic rings. The Morgan fingerprint density at radius 1 is 1.44 bits per heavy atom. The van der Waals surface area contributed by atoms with Gasteiger partial charge in [-0.3, -0.25) is 0 Å². The summed E-state index contributed by atoms with van der Waals surface area (Å²) in [5.41, 5.74) is 0.641. The van der Waals surface area contributed by atoms with E-state index in [-0.39, 0.29) is 12.1 Å². The number of hydrogen-bond donors (Lipinski definition) is 2. The van der Waals surface area contributed by atoms with Crippen molar-refractivity contribution in [3.8, 4) is 5.75 Å². The number of ether oxygens (including phenoxy) is 1. The van der Waals surface area contributed by atoms with Crippen LogP contribution >= 0.6 is 11.6 Å². The Balaban J connectivity index is 2.63. The van der Waals surface area contributed by atoms with Crippen molar-refractivity contribution in [2.45, 2.75) is 33.2 Å². The number of benzene rings is 1. The van der Waals surface area contributed by atoms with Gasteiger partial charge in [-0.1, -0.05) is 18.5 Å². The van der Waals surface area contributed by atoms with Crippen LogP contribution < -0.4 is 15.4 Å². The lowest BCUT2D eigenvalue weighted by Crippen LogP contribution is -2.34. The predicted octanol–water partition coefficient (Wildman–Crippen LogP) is 3.66. The van der Waals surface area contributed by atoms with Crippen molar-refractivity contribution in [3.63, 3.8) is 0 Å². The van der Waals surface area contributed by atoms with Gasteiger partial charge in [0.05, 0.1) is 11.6 Å². The number of hydrogen-bond acceptors (Lipinski definition) is 2. The molecule has 0 aliphatic heterocycles. The average molecular weight is 271 g/mol. The number of carbonyl (C=O) groups excluding carboxylic acids is 1. The molecule has 0 aromatic heterocycles.